The Bertz CT molecular complexity index is 593. The van der Waals surface area contributed by atoms with Crippen LogP contribution in [0.25, 0.3) is 0 Å². The summed E-state index contributed by atoms with van der Waals surface area (Å²) in [7, 11) is 0. The van der Waals surface area contributed by atoms with Crippen LogP contribution in [0.15, 0.2) is 48.5 Å². The molecule has 2 aromatic rings. The topological polar surface area (TPSA) is 37.3 Å². The maximum absolute atomic E-state index is 11.5. The van der Waals surface area contributed by atoms with Crippen molar-refractivity contribution in [2.75, 3.05) is 0 Å². The van der Waals surface area contributed by atoms with Crippen LogP contribution >= 0.6 is 11.6 Å². The maximum atomic E-state index is 11.5. The molecule has 0 spiro atoms. The van der Waals surface area contributed by atoms with E-state index in [1.54, 1.807) is 6.07 Å². The average molecular weight is 275 g/mol. The molecule has 0 aromatic heterocycles. The molecule has 0 radical (unpaired) electrons. The van der Waals surface area contributed by atoms with Gasteiger partial charge in [-0.25, -0.2) is 0 Å². The van der Waals surface area contributed by atoms with Crippen molar-refractivity contribution in [3.63, 3.8) is 0 Å². The molecule has 0 amide bonds. The molecule has 0 saturated carbocycles. The third-order valence-electron chi connectivity index (χ3n) is 3.19. The van der Waals surface area contributed by atoms with E-state index in [4.69, 9.17) is 11.6 Å². The second-order valence-corrected chi connectivity index (χ2v) is 5.02. The van der Waals surface area contributed by atoms with Crippen molar-refractivity contribution < 1.29 is 9.90 Å². The number of aliphatic carboxylic acids is 1. The summed E-state index contributed by atoms with van der Waals surface area (Å²) < 4.78 is 0. The van der Waals surface area contributed by atoms with E-state index < -0.39 is 11.9 Å². The fourth-order valence-corrected chi connectivity index (χ4v) is 2.42. The number of carboxylic acid groups (broad SMARTS) is 1. The number of halogens is 1. The average Bonchev–Trinajstić information content (AvgIpc) is 2.37. The van der Waals surface area contributed by atoms with E-state index in [9.17, 15) is 9.90 Å². The molecule has 0 aliphatic rings. The van der Waals surface area contributed by atoms with Gasteiger partial charge in [0.2, 0.25) is 0 Å². The highest BCUT2D eigenvalue weighted by molar-refractivity contribution is 6.30. The van der Waals surface area contributed by atoms with Gasteiger partial charge in [-0.3, -0.25) is 4.79 Å². The monoisotopic (exact) mass is 274 g/mol. The second kappa shape index (κ2) is 5.89. The lowest BCUT2D eigenvalue weighted by atomic mass is 9.89. The molecule has 2 nitrogen and oxygen atoms in total. The van der Waals surface area contributed by atoms with E-state index in [1.165, 1.54) is 0 Å². The Morgan fingerprint density at radius 2 is 1.95 bits per heavy atom. The van der Waals surface area contributed by atoms with Crippen LogP contribution in [0.4, 0.5) is 0 Å². The molecule has 0 aliphatic heterocycles. The zero-order chi connectivity index (χ0) is 13.8. The summed E-state index contributed by atoms with van der Waals surface area (Å²) in [5.41, 5.74) is 2.79. The first-order valence-corrected chi connectivity index (χ1v) is 6.48. The summed E-state index contributed by atoms with van der Waals surface area (Å²) in [6, 6.07) is 14.9. The molecule has 2 aromatic carbocycles. The third-order valence-corrected chi connectivity index (χ3v) is 3.43. The van der Waals surface area contributed by atoms with Crippen LogP contribution < -0.4 is 0 Å². The van der Waals surface area contributed by atoms with Gasteiger partial charge >= 0.3 is 5.97 Å². The molecule has 0 bridgehead atoms. The van der Waals surface area contributed by atoms with Crippen molar-refractivity contribution in [2.24, 2.45) is 0 Å². The standard InChI is InChI=1S/C16H15ClO2/c1-11-5-2-3-8-14(11)15(16(18)19)10-12-6-4-7-13(17)9-12/h2-9,15H,10H2,1H3,(H,18,19). The second-order valence-electron chi connectivity index (χ2n) is 4.58. The molecule has 0 aliphatic carbocycles. The number of carboxylic acids is 1. The molecule has 0 heterocycles. The molecule has 3 heteroatoms. The van der Waals surface area contributed by atoms with E-state index in [2.05, 4.69) is 0 Å². The largest absolute Gasteiger partial charge is 0.481 e. The molecule has 0 saturated heterocycles. The SMILES string of the molecule is Cc1ccccc1C(Cc1cccc(Cl)c1)C(=O)O. The van der Waals surface area contributed by atoms with Gasteiger partial charge in [-0.15, -0.1) is 0 Å². The maximum Gasteiger partial charge on any atom is 0.311 e. The quantitative estimate of drug-likeness (QED) is 0.913. The number of aryl methyl sites for hydroxylation is 1. The minimum absolute atomic E-state index is 0.445. The van der Waals surface area contributed by atoms with Crippen molar-refractivity contribution in [3.05, 3.63) is 70.2 Å². The van der Waals surface area contributed by atoms with Gasteiger partial charge in [-0.1, -0.05) is 48.0 Å². The van der Waals surface area contributed by atoms with Gasteiger partial charge in [-0.2, -0.15) is 0 Å². The first kappa shape index (κ1) is 13.6. The zero-order valence-electron chi connectivity index (χ0n) is 10.6. The molecule has 1 N–H and O–H groups in total. The number of carbonyl (C=O) groups is 1. The van der Waals surface area contributed by atoms with Gasteiger partial charge in [0.1, 0.15) is 0 Å². The van der Waals surface area contributed by atoms with E-state index >= 15 is 0 Å². The third kappa shape index (κ3) is 3.36. The van der Waals surface area contributed by atoms with E-state index in [1.807, 2.05) is 49.4 Å². The molecular weight excluding hydrogens is 260 g/mol. The summed E-state index contributed by atoms with van der Waals surface area (Å²) >= 11 is 5.94. The van der Waals surface area contributed by atoms with Crippen LogP contribution in [-0.4, -0.2) is 11.1 Å². The lowest BCUT2D eigenvalue weighted by molar-refractivity contribution is -0.138. The number of rotatable bonds is 4. The molecule has 2 rings (SSSR count). The Balaban J connectivity index is 2.32. The van der Waals surface area contributed by atoms with E-state index in [-0.39, 0.29) is 0 Å². The Kier molecular flexibility index (Phi) is 4.23. The predicted molar refractivity (Wildman–Crippen MR) is 76.7 cm³/mol. The summed E-state index contributed by atoms with van der Waals surface area (Å²) in [6.45, 7) is 1.93. The first-order valence-electron chi connectivity index (χ1n) is 6.10. The van der Waals surface area contributed by atoms with Crippen LogP contribution in [0.5, 0.6) is 0 Å². The fourth-order valence-electron chi connectivity index (χ4n) is 2.21. The lowest BCUT2D eigenvalue weighted by Gasteiger charge is -2.15. The molecule has 1 unspecified atom stereocenters. The highest BCUT2D eigenvalue weighted by Crippen LogP contribution is 2.25. The predicted octanol–water partition coefficient (Wildman–Crippen LogP) is 4.06. The Labute approximate surface area is 117 Å². The van der Waals surface area contributed by atoms with Gasteiger partial charge in [0.15, 0.2) is 0 Å². The van der Waals surface area contributed by atoms with Crippen molar-refractivity contribution >= 4 is 17.6 Å². The number of hydrogen-bond donors (Lipinski definition) is 1. The van der Waals surface area contributed by atoms with Crippen LogP contribution in [0, 0.1) is 6.92 Å². The van der Waals surface area contributed by atoms with Gasteiger partial charge in [-0.05, 0) is 42.2 Å². The Morgan fingerprint density at radius 1 is 1.21 bits per heavy atom. The fraction of sp³-hybridized carbons (Fsp3) is 0.188. The van der Waals surface area contributed by atoms with Crippen molar-refractivity contribution in [3.8, 4) is 0 Å². The Hall–Kier alpha value is -1.80. The van der Waals surface area contributed by atoms with Crippen molar-refractivity contribution in [1.29, 1.82) is 0 Å². The number of benzene rings is 2. The van der Waals surface area contributed by atoms with E-state index in [0.29, 0.717) is 11.4 Å². The van der Waals surface area contributed by atoms with Crippen molar-refractivity contribution in [1.82, 2.24) is 0 Å². The van der Waals surface area contributed by atoms with Gasteiger partial charge < -0.3 is 5.11 Å². The molecular formula is C16H15ClO2. The summed E-state index contributed by atoms with van der Waals surface area (Å²) in [5, 5.41) is 10.1. The highest BCUT2D eigenvalue weighted by atomic mass is 35.5. The smallest absolute Gasteiger partial charge is 0.311 e. The normalized spacial score (nSPS) is 12.1. The van der Waals surface area contributed by atoms with Crippen LogP contribution in [0.1, 0.15) is 22.6 Å². The minimum atomic E-state index is -0.811. The molecule has 1 atom stereocenters. The Morgan fingerprint density at radius 3 is 2.58 bits per heavy atom. The van der Waals surface area contributed by atoms with Gasteiger partial charge in [0.05, 0.1) is 5.92 Å². The minimum Gasteiger partial charge on any atom is -0.481 e. The van der Waals surface area contributed by atoms with Crippen LogP contribution in [-0.2, 0) is 11.2 Å². The number of hydrogen-bond acceptors (Lipinski definition) is 1. The lowest BCUT2D eigenvalue weighted by Crippen LogP contribution is -2.15. The summed E-state index contributed by atoms with van der Waals surface area (Å²) in [4.78, 5) is 11.5. The van der Waals surface area contributed by atoms with E-state index in [0.717, 1.165) is 16.7 Å². The summed E-state index contributed by atoms with van der Waals surface area (Å²) in [5.74, 6) is -1.35. The molecule has 98 valence electrons. The molecule has 19 heavy (non-hydrogen) atoms. The highest BCUT2D eigenvalue weighted by Gasteiger charge is 2.21. The molecule has 0 fully saturated rings. The van der Waals surface area contributed by atoms with Gasteiger partial charge in [0, 0.05) is 5.02 Å². The summed E-state index contributed by atoms with van der Waals surface area (Å²) in [6.07, 6.45) is 0.445. The van der Waals surface area contributed by atoms with Crippen LogP contribution in [0.3, 0.4) is 0 Å². The van der Waals surface area contributed by atoms with Crippen LogP contribution in [0.2, 0.25) is 5.02 Å². The van der Waals surface area contributed by atoms with Crippen molar-refractivity contribution in [2.45, 2.75) is 19.3 Å². The zero-order valence-corrected chi connectivity index (χ0v) is 11.4. The van der Waals surface area contributed by atoms with Gasteiger partial charge in [0.25, 0.3) is 0 Å². The first-order chi connectivity index (χ1) is 9.08.